The van der Waals surface area contributed by atoms with Gasteiger partial charge in [0.1, 0.15) is 11.3 Å². The Bertz CT molecular complexity index is 1100. The lowest BCUT2D eigenvalue weighted by atomic mass is 10.0. The molecular formula is C21H20N2O4. The van der Waals surface area contributed by atoms with Crippen LogP contribution in [0.25, 0.3) is 11.0 Å². The number of amides is 2. The number of carbonyl (C=O) groups excluding carboxylic acids is 2. The quantitative estimate of drug-likeness (QED) is 0.709. The molecule has 27 heavy (non-hydrogen) atoms. The largest absolute Gasteiger partial charge is 0.479 e. The smallest absolute Gasteiger partial charge is 0.291 e. The predicted octanol–water partition coefficient (Wildman–Crippen LogP) is 4.33. The van der Waals surface area contributed by atoms with Gasteiger partial charge in [0, 0.05) is 16.6 Å². The normalized spacial score (nSPS) is 15.9. The Kier molecular flexibility index (Phi) is 3.91. The zero-order valence-electron chi connectivity index (χ0n) is 15.6. The molecule has 138 valence electrons. The minimum atomic E-state index is -0.539. The molecule has 0 radical (unpaired) electrons. The Morgan fingerprint density at radius 2 is 1.93 bits per heavy atom. The van der Waals surface area contributed by atoms with Crippen LogP contribution in [-0.4, -0.2) is 17.9 Å². The first-order valence-electron chi connectivity index (χ1n) is 8.77. The molecule has 2 heterocycles. The number of ether oxygens (including phenoxy) is 1. The van der Waals surface area contributed by atoms with E-state index in [1.54, 1.807) is 25.1 Å². The van der Waals surface area contributed by atoms with Gasteiger partial charge in [0.05, 0.1) is 5.69 Å². The highest BCUT2D eigenvalue weighted by atomic mass is 16.5. The Morgan fingerprint density at radius 1 is 1.15 bits per heavy atom. The van der Waals surface area contributed by atoms with Crippen LogP contribution in [0, 0.1) is 20.8 Å². The first-order chi connectivity index (χ1) is 12.8. The molecule has 1 atom stereocenters. The molecule has 1 unspecified atom stereocenters. The highest BCUT2D eigenvalue weighted by Gasteiger charge is 2.24. The number of rotatable bonds is 2. The fourth-order valence-corrected chi connectivity index (χ4v) is 3.48. The van der Waals surface area contributed by atoms with Crippen molar-refractivity contribution in [1.82, 2.24) is 0 Å². The van der Waals surface area contributed by atoms with Gasteiger partial charge < -0.3 is 19.8 Å². The molecule has 1 aliphatic heterocycles. The van der Waals surface area contributed by atoms with E-state index in [2.05, 4.69) is 16.7 Å². The molecule has 6 heteroatoms. The molecule has 3 aromatic rings. The Balaban J connectivity index is 1.64. The van der Waals surface area contributed by atoms with Gasteiger partial charge in [0.2, 0.25) is 0 Å². The van der Waals surface area contributed by atoms with E-state index >= 15 is 0 Å². The summed E-state index contributed by atoms with van der Waals surface area (Å²) in [6, 6.07) is 9.12. The van der Waals surface area contributed by atoms with Crippen LogP contribution in [0.3, 0.4) is 0 Å². The van der Waals surface area contributed by atoms with Crippen molar-refractivity contribution in [2.75, 3.05) is 10.6 Å². The lowest BCUT2D eigenvalue weighted by Crippen LogP contribution is -2.34. The van der Waals surface area contributed by atoms with Crippen LogP contribution in [0.2, 0.25) is 0 Å². The first kappa shape index (κ1) is 17.1. The Hall–Kier alpha value is -3.28. The third-order valence-electron chi connectivity index (χ3n) is 4.75. The lowest BCUT2D eigenvalue weighted by Gasteiger charge is -2.23. The number of aryl methyl sites for hydroxylation is 3. The first-order valence-corrected chi connectivity index (χ1v) is 8.77. The van der Waals surface area contributed by atoms with Crippen LogP contribution >= 0.6 is 0 Å². The van der Waals surface area contributed by atoms with E-state index in [4.69, 9.17) is 9.15 Å². The number of hydrogen-bond donors (Lipinski definition) is 2. The Labute approximate surface area is 156 Å². The number of furan rings is 1. The van der Waals surface area contributed by atoms with E-state index in [1.165, 1.54) is 0 Å². The number of hydrogen-bond acceptors (Lipinski definition) is 4. The molecule has 2 amide bonds. The summed E-state index contributed by atoms with van der Waals surface area (Å²) in [7, 11) is 0. The molecule has 0 spiro atoms. The van der Waals surface area contributed by atoms with Crippen molar-refractivity contribution in [2.45, 2.75) is 33.8 Å². The summed E-state index contributed by atoms with van der Waals surface area (Å²) < 4.78 is 11.4. The van der Waals surface area contributed by atoms with Crippen LogP contribution in [0.4, 0.5) is 11.4 Å². The minimum Gasteiger partial charge on any atom is -0.479 e. The van der Waals surface area contributed by atoms with Gasteiger partial charge in [-0.15, -0.1) is 0 Å². The second-order valence-corrected chi connectivity index (χ2v) is 6.93. The molecule has 0 bridgehead atoms. The van der Waals surface area contributed by atoms with Crippen molar-refractivity contribution in [3.05, 3.63) is 52.8 Å². The molecule has 1 aliphatic rings. The standard InChI is InChI=1S/C21H20N2O4/c1-10-7-11(2)18-12(3)19(27-17(18)8-10)21(25)22-14-5-6-16-15(9-14)23-20(24)13(4)26-16/h5-9,13H,1-4H3,(H,22,25)(H,23,24). The molecule has 1 aromatic heterocycles. The SMILES string of the molecule is Cc1cc(C)c2c(C)c(C(=O)Nc3ccc4c(c3)NC(=O)C(C)O4)oc2c1. The van der Waals surface area contributed by atoms with Crippen LogP contribution in [-0.2, 0) is 4.79 Å². The van der Waals surface area contributed by atoms with Crippen molar-refractivity contribution >= 4 is 34.2 Å². The van der Waals surface area contributed by atoms with E-state index in [9.17, 15) is 9.59 Å². The topological polar surface area (TPSA) is 80.6 Å². The molecule has 0 saturated carbocycles. The average Bonchev–Trinajstić information content (AvgIpc) is 2.93. The second-order valence-electron chi connectivity index (χ2n) is 6.93. The maximum atomic E-state index is 12.8. The maximum absolute atomic E-state index is 12.8. The summed E-state index contributed by atoms with van der Waals surface area (Å²) in [4.78, 5) is 24.5. The van der Waals surface area contributed by atoms with Crippen molar-refractivity contribution < 1.29 is 18.7 Å². The second kappa shape index (κ2) is 6.16. The summed E-state index contributed by atoms with van der Waals surface area (Å²) >= 11 is 0. The van der Waals surface area contributed by atoms with Crippen LogP contribution in [0.15, 0.2) is 34.7 Å². The van der Waals surface area contributed by atoms with Crippen LogP contribution in [0.5, 0.6) is 5.75 Å². The fourth-order valence-electron chi connectivity index (χ4n) is 3.48. The maximum Gasteiger partial charge on any atom is 0.291 e. The van der Waals surface area contributed by atoms with Crippen molar-refractivity contribution in [2.24, 2.45) is 0 Å². The van der Waals surface area contributed by atoms with Crippen molar-refractivity contribution in [3.8, 4) is 5.75 Å². The lowest BCUT2D eigenvalue weighted by molar-refractivity contribution is -0.122. The number of anilines is 2. The van der Waals surface area contributed by atoms with Crippen LogP contribution < -0.4 is 15.4 Å². The minimum absolute atomic E-state index is 0.218. The fraction of sp³-hybridized carbons (Fsp3) is 0.238. The summed E-state index contributed by atoms with van der Waals surface area (Å²) in [5.41, 5.74) is 4.75. The third kappa shape index (κ3) is 2.93. The monoisotopic (exact) mass is 364 g/mol. The van der Waals surface area contributed by atoms with Gasteiger partial charge in [0.25, 0.3) is 11.8 Å². The van der Waals surface area contributed by atoms with Crippen molar-refractivity contribution in [1.29, 1.82) is 0 Å². The molecule has 0 saturated heterocycles. The molecule has 2 aromatic carbocycles. The molecule has 4 rings (SSSR count). The van der Waals surface area contributed by atoms with Crippen LogP contribution in [0.1, 0.15) is 34.2 Å². The van der Waals surface area contributed by atoms with E-state index in [1.807, 2.05) is 26.8 Å². The Morgan fingerprint density at radius 3 is 2.70 bits per heavy atom. The van der Waals surface area contributed by atoms with Gasteiger partial charge in [-0.05, 0) is 63.1 Å². The van der Waals surface area contributed by atoms with Gasteiger partial charge >= 0.3 is 0 Å². The van der Waals surface area contributed by atoms with Gasteiger partial charge in [-0.25, -0.2) is 0 Å². The summed E-state index contributed by atoms with van der Waals surface area (Å²) in [5.74, 6) is 0.304. The van der Waals surface area contributed by atoms with E-state index in [0.717, 1.165) is 22.1 Å². The zero-order valence-corrected chi connectivity index (χ0v) is 15.6. The van der Waals surface area contributed by atoms with Gasteiger partial charge in [0.15, 0.2) is 11.9 Å². The average molecular weight is 364 g/mol. The van der Waals surface area contributed by atoms with Crippen molar-refractivity contribution in [3.63, 3.8) is 0 Å². The predicted molar refractivity (Wildman–Crippen MR) is 104 cm³/mol. The molecule has 2 N–H and O–H groups in total. The molecule has 0 fully saturated rings. The van der Waals surface area contributed by atoms with E-state index in [0.29, 0.717) is 22.7 Å². The van der Waals surface area contributed by atoms with Gasteiger partial charge in [-0.1, -0.05) is 6.07 Å². The zero-order chi connectivity index (χ0) is 19.3. The van der Waals surface area contributed by atoms with E-state index in [-0.39, 0.29) is 17.6 Å². The third-order valence-corrected chi connectivity index (χ3v) is 4.75. The highest BCUT2D eigenvalue weighted by Crippen LogP contribution is 2.33. The number of benzene rings is 2. The molecular weight excluding hydrogens is 344 g/mol. The summed E-state index contributed by atoms with van der Waals surface area (Å²) in [5, 5.41) is 6.57. The highest BCUT2D eigenvalue weighted by molar-refractivity contribution is 6.07. The summed E-state index contributed by atoms with van der Waals surface area (Å²) in [6.45, 7) is 7.56. The van der Waals surface area contributed by atoms with Gasteiger partial charge in [-0.2, -0.15) is 0 Å². The molecule has 6 nitrogen and oxygen atoms in total. The van der Waals surface area contributed by atoms with Gasteiger partial charge in [-0.3, -0.25) is 9.59 Å². The number of carbonyl (C=O) groups is 2. The number of nitrogens with one attached hydrogen (secondary N) is 2. The summed E-state index contributed by atoms with van der Waals surface area (Å²) in [6.07, 6.45) is -0.539. The molecule has 0 aliphatic carbocycles. The number of fused-ring (bicyclic) bond motifs is 2. The van der Waals surface area contributed by atoms with E-state index < -0.39 is 6.10 Å².